The molecule has 2 N–H and O–H groups in total. The Kier molecular flexibility index (Phi) is 4.81. The van der Waals surface area contributed by atoms with Crippen molar-refractivity contribution in [1.82, 2.24) is 0 Å². The van der Waals surface area contributed by atoms with Crippen molar-refractivity contribution in [3.05, 3.63) is 102 Å². The molecule has 3 nitrogen and oxygen atoms in total. The molecule has 0 spiro atoms. The lowest BCUT2D eigenvalue weighted by molar-refractivity contribution is -0.135. The summed E-state index contributed by atoms with van der Waals surface area (Å²) >= 11 is 0. The summed E-state index contributed by atoms with van der Waals surface area (Å²) in [7, 11) is 0. The van der Waals surface area contributed by atoms with Gasteiger partial charge in [0.15, 0.2) is 0 Å². The molecule has 0 radical (unpaired) electrons. The largest absolute Gasteiger partial charge is 0.502 e. The second-order valence-corrected chi connectivity index (χ2v) is 6.88. The average molecular weight is 368 g/mol. The summed E-state index contributed by atoms with van der Waals surface area (Å²) in [5.74, 6) is -1.89. The van der Waals surface area contributed by atoms with Crippen LogP contribution in [0.15, 0.2) is 90.7 Å². The lowest BCUT2D eigenvalue weighted by Crippen LogP contribution is -2.04. The predicted molar refractivity (Wildman–Crippen MR) is 113 cm³/mol. The van der Waals surface area contributed by atoms with Crippen molar-refractivity contribution in [2.75, 3.05) is 0 Å². The van der Waals surface area contributed by atoms with Gasteiger partial charge >= 0.3 is 5.97 Å². The first kappa shape index (κ1) is 17.8. The molecule has 0 fully saturated rings. The summed E-state index contributed by atoms with van der Waals surface area (Å²) < 4.78 is 0. The number of allylic oxidation sites excluding steroid dienone is 1. The van der Waals surface area contributed by atoms with Gasteiger partial charge in [-0.2, -0.15) is 0 Å². The van der Waals surface area contributed by atoms with E-state index in [1.54, 1.807) is 0 Å². The highest BCUT2D eigenvalue weighted by Gasteiger charge is 2.15. The minimum atomic E-state index is -1.30. The molecule has 0 bridgehead atoms. The summed E-state index contributed by atoms with van der Waals surface area (Å²) in [6.07, 6.45) is 1.08. The van der Waals surface area contributed by atoms with Gasteiger partial charge in [-0.15, -0.1) is 0 Å². The van der Waals surface area contributed by atoms with Gasteiger partial charge in [0.1, 0.15) is 0 Å². The number of carboxylic acid groups (broad SMARTS) is 1. The SMILES string of the molecule is O=C(O)/C(O)=C(/CCc1ccc2ccccc2c1)c1ccc2ccccc2c1. The standard InChI is InChI=1S/C25H20O3/c26-24(25(27)28)23(22-13-12-19-6-2-4-8-21(19)16-22)14-10-17-9-11-18-5-1-3-7-20(18)15-17/h1-9,11-13,15-16,26H,10,14H2,(H,27,28)/b24-23+. The van der Waals surface area contributed by atoms with Gasteiger partial charge in [0, 0.05) is 5.57 Å². The Morgan fingerprint density at radius 2 is 1.25 bits per heavy atom. The number of hydrogen-bond acceptors (Lipinski definition) is 2. The third kappa shape index (κ3) is 3.60. The van der Waals surface area contributed by atoms with Gasteiger partial charge < -0.3 is 10.2 Å². The monoisotopic (exact) mass is 368 g/mol. The Morgan fingerprint density at radius 1 is 0.679 bits per heavy atom. The molecule has 138 valence electrons. The van der Waals surface area contributed by atoms with Crippen LogP contribution < -0.4 is 0 Å². The maximum atomic E-state index is 11.5. The fraction of sp³-hybridized carbons (Fsp3) is 0.0800. The molecule has 0 unspecified atom stereocenters. The molecule has 0 amide bonds. The van der Waals surface area contributed by atoms with E-state index >= 15 is 0 Å². The van der Waals surface area contributed by atoms with Gasteiger partial charge in [0.2, 0.25) is 5.76 Å². The number of aryl methyl sites for hydroxylation is 1. The van der Waals surface area contributed by atoms with Crippen LogP contribution in [0.5, 0.6) is 0 Å². The van der Waals surface area contributed by atoms with E-state index in [0.717, 1.165) is 27.3 Å². The molecule has 28 heavy (non-hydrogen) atoms. The maximum absolute atomic E-state index is 11.5. The van der Waals surface area contributed by atoms with E-state index < -0.39 is 11.7 Å². The quantitative estimate of drug-likeness (QED) is 0.336. The van der Waals surface area contributed by atoms with Crippen molar-refractivity contribution in [2.45, 2.75) is 12.8 Å². The van der Waals surface area contributed by atoms with Gasteiger partial charge in [0.25, 0.3) is 0 Å². The summed E-state index contributed by atoms with van der Waals surface area (Å²) in [6.45, 7) is 0. The van der Waals surface area contributed by atoms with Crippen LogP contribution in [-0.2, 0) is 11.2 Å². The van der Waals surface area contributed by atoms with Crippen molar-refractivity contribution in [3.63, 3.8) is 0 Å². The molecule has 0 heterocycles. The van der Waals surface area contributed by atoms with E-state index in [-0.39, 0.29) is 0 Å². The molecule has 0 aliphatic rings. The van der Waals surface area contributed by atoms with Crippen LogP contribution in [0.4, 0.5) is 0 Å². The Balaban J connectivity index is 1.67. The van der Waals surface area contributed by atoms with Crippen molar-refractivity contribution in [2.24, 2.45) is 0 Å². The van der Waals surface area contributed by atoms with Gasteiger partial charge in [0.05, 0.1) is 0 Å². The fourth-order valence-electron chi connectivity index (χ4n) is 3.57. The van der Waals surface area contributed by atoms with Crippen molar-refractivity contribution in [3.8, 4) is 0 Å². The number of benzene rings is 4. The van der Waals surface area contributed by atoms with Crippen LogP contribution in [0.1, 0.15) is 17.5 Å². The summed E-state index contributed by atoms with van der Waals surface area (Å²) in [6, 6.07) is 28.0. The molecular formula is C25H20O3. The smallest absolute Gasteiger partial charge is 0.371 e. The van der Waals surface area contributed by atoms with Gasteiger partial charge in [-0.3, -0.25) is 0 Å². The minimum absolute atomic E-state index is 0.439. The summed E-state index contributed by atoms with van der Waals surface area (Å²) in [4.78, 5) is 11.5. The second-order valence-electron chi connectivity index (χ2n) is 6.88. The lowest BCUT2D eigenvalue weighted by Gasteiger charge is -2.11. The van der Waals surface area contributed by atoms with Crippen molar-refractivity contribution >= 4 is 33.1 Å². The predicted octanol–water partition coefficient (Wildman–Crippen LogP) is 5.98. The third-order valence-electron chi connectivity index (χ3n) is 5.06. The Bertz CT molecular complexity index is 1200. The third-order valence-corrected chi connectivity index (χ3v) is 5.06. The van der Waals surface area contributed by atoms with Crippen LogP contribution >= 0.6 is 0 Å². The molecule has 4 rings (SSSR count). The molecule has 0 aliphatic heterocycles. The first-order valence-corrected chi connectivity index (χ1v) is 9.24. The van der Waals surface area contributed by atoms with Gasteiger partial charge in [-0.1, -0.05) is 78.9 Å². The molecule has 4 aromatic rings. The molecule has 3 heteroatoms. The fourth-order valence-corrected chi connectivity index (χ4v) is 3.57. The molecular weight excluding hydrogens is 348 g/mol. The number of hydrogen-bond donors (Lipinski definition) is 2. The molecule has 0 saturated carbocycles. The molecule has 0 aromatic heterocycles. The van der Waals surface area contributed by atoms with Crippen molar-refractivity contribution < 1.29 is 15.0 Å². The Morgan fingerprint density at radius 3 is 1.89 bits per heavy atom. The van der Waals surface area contributed by atoms with Gasteiger partial charge in [-0.25, -0.2) is 4.79 Å². The van der Waals surface area contributed by atoms with Crippen LogP contribution in [0.3, 0.4) is 0 Å². The van der Waals surface area contributed by atoms with E-state index in [1.165, 1.54) is 5.39 Å². The van der Waals surface area contributed by atoms with Crippen LogP contribution in [0.25, 0.3) is 27.1 Å². The van der Waals surface area contributed by atoms with E-state index in [1.807, 2.05) is 54.6 Å². The van der Waals surface area contributed by atoms with E-state index in [4.69, 9.17) is 0 Å². The topological polar surface area (TPSA) is 57.5 Å². The number of rotatable bonds is 5. The highest BCUT2D eigenvalue weighted by atomic mass is 16.4. The first-order chi connectivity index (χ1) is 13.6. The van der Waals surface area contributed by atoms with Crippen LogP contribution in [-0.4, -0.2) is 16.2 Å². The molecule has 4 aromatic carbocycles. The second kappa shape index (κ2) is 7.57. The zero-order valence-electron chi connectivity index (χ0n) is 15.3. The van der Waals surface area contributed by atoms with E-state index in [2.05, 4.69) is 30.3 Å². The number of aliphatic hydroxyl groups excluding tert-OH is 1. The van der Waals surface area contributed by atoms with Crippen LogP contribution in [0.2, 0.25) is 0 Å². The zero-order chi connectivity index (χ0) is 19.5. The maximum Gasteiger partial charge on any atom is 0.371 e. The molecule has 0 atom stereocenters. The zero-order valence-corrected chi connectivity index (χ0v) is 15.3. The number of aliphatic hydroxyl groups is 1. The Labute approximate surface area is 163 Å². The first-order valence-electron chi connectivity index (χ1n) is 9.24. The summed E-state index contributed by atoms with van der Waals surface area (Å²) in [5, 5.41) is 24.0. The summed E-state index contributed by atoms with van der Waals surface area (Å²) in [5.41, 5.74) is 2.29. The van der Waals surface area contributed by atoms with E-state index in [9.17, 15) is 15.0 Å². The highest BCUT2D eigenvalue weighted by molar-refractivity contribution is 5.95. The Hall–Kier alpha value is -3.59. The minimum Gasteiger partial charge on any atom is -0.502 e. The number of carbonyl (C=O) groups is 1. The average Bonchev–Trinajstić information content (AvgIpc) is 2.73. The lowest BCUT2D eigenvalue weighted by atomic mass is 9.94. The highest BCUT2D eigenvalue weighted by Crippen LogP contribution is 2.28. The molecule has 0 saturated heterocycles. The van der Waals surface area contributed by atoms with Crippen LogP contribution in [0, 0.1) is 0 Å². The molecule has 0 aliphatic carbocycles. The number of aliphatic carboxylic acids is 1. The van der Waals surface area contributed by atoms with Crippen molar-refractivity contribution in [1.29, 1.82) is 0 Å². The van der Waals surface area contributed by atoms with Gasteiger partial charge in [-0.05, 0) is 51.6 Å². The number of carboxylic acids is 1. The normalized spacial score (nSPS) is 12.1. The number of fused-ring (bicyclic) bond motifs is 2. The van der Waals surface area contributed by atoms with E-state index in [0.29, 0.717) is 18.4 Å².